The van der Waals surface area contributed by atoms with Crippen LogP contribution in [0.15, 0.2) is 41.4 Å². The number of aromatic nitrogens is 1. The second-order valence-electron chi connectivity index (χ2n) is 9.10. The molecule has 1 heterocycles. The lowest BCUT2D eigenvalue weighted by molar-refractivity contribution is -0.121. The number of anilines is 2. The number of nitriles is 1. The quantitative estimate of drug-likeness (QED) is 0.529. The number of carbonyl (C=O) groups is 2. The molecular weight excluding hydrogens is 434 g/mol. The predicted molar refractivity (Wildman–Crippen MR) is 130 cm³/mol. The summed E-state index contributed by atoms with van der Waals surface area (Å²) in [6.07, 6.45) is 5.11. The molecular formula is C25H29N5O2S. The molecule has 33 heavy (non-hydrogen) atoms. The van der Waals surface area contributed by atoms with Gasteiger partial charge in [-0.25, -0.2) is 4.98 Å². The molecule has 0 aliphatic heterocycles. The van der Waals surface area contributed by atoms with Crippen molar-refractivity contribution in [1.82, 2.24) is 10.3 Å². The number of hydrogen-bond donors (Lipinski definition) is 3. The van der Waals surface area contributed by atoms with E-state index >= 15 is 0 Å². The molecule has 2 saturated carbocycles. The number of benzene rings is 1. The summed E-state index contributed by atoms with van der Waals surface area (Å²) in [6.45, 7) is 3.89. The zero-order chi connectivity index (χ0) is 23.5. The number of nitrogens with one attached hydrogen (secondary N) is 2. The molecule has 7 nitrogen and oxygen atoms in total. The van der Waals surface area contributed by atoms with Crippen molar-refractivity contribution in [3.63, 3.8) is 0 Å². The molecule has 0 saturated heterocycles. The van der Waals surface area contributed by atoms with Gasteiger partial charge in [0.25, 0.3) is 5.91 Å². The van der Waals surface area contributed by atoms with E-state index in [2.05, 4.69) is 28.6 Å². The molecule has 2 bridgehead atoms. The van der Waals surface area contributed by atoms with Crippen molar-refractivity contribution in [2.45, 2.75) is 55.8 Å². The molecule has 0 radical (unpaired) electrons. The monoisotopic (exact) mass is 463 g/mol. The van der Waals surface area contributed by atoms with Crippen molar-refractivity contribution in [1.29, 1.82) is 5.26 Å². The molecule has 5 atom stereocenters. The average molecular weight is 464 g/mol. The Morgan fingerprint density at radius 2 is 1.97 bits per heavy atom. The SMILES string of the molecule is CC(Sc1nc(N)c(C(=O)Nc2ccccc2)cc1C#N)C(=O)NC(C)C1CC2CCC1C2. The van der Waals surface area contributed by atoms with Gasteiger partial charge in [0.1, 0.15) is 16.9 Å². The third kappa shape index (κ3) is 5.14. The summed E-state index contributed by atoms with van der Waals surface area (Å²) in [6, 6.07) is 12.6. The highest BCUT2D eigenvalue weighted by atomic mass is 32.2. The number of nitrogen functional groups attached to an aromatic ring is 1. The van der Waals surface area contributed by atoms with Gasteiger partial charge in [-0.1, -0.05) is 36.4 Å². The van der Waals surface area contributed by atoms with Gasteiger partial charge in [0.05, 0.1) is 16.4 Å². The van der Waals surface area contributed by atoms with E-state index in [0.717, 1.165) is 11.8 Å². The minimum absolute atomic E-state index is 0.0212. The second kappa shape index (κ2) is 9.84. The lowest BCUT2D eigenvalue weighted by Gasteiger charge is -2.29. The number of para-hydroxylation sites is 1. The van der Waals surface area contributed by atoms with Crippen molar-refractivity contribution >= 4 is 35.1 Å². The highest BCUT2D eigenvalue weighted by Crippen LogP contribution is 2.49. The molecule has 5 unspecified atom stereocenters. The summed E-state index contributed by atoms with van der Waals surface area (Å²) in [5, 5.41) is 15.4. The average Bonchev–Trinajstić information content (AvgIpc) is 3.43. The molecule has 2 aliphatic rings. The maximum atomic E-state index is 12.8. The van der Waals surface area contributed by atoms with Gasteiger partial charge in [0.15, 0.2) is 0 Å². The van der Waals surface area contributed by atoms with E-state index < -0.39 is 11.2 Å². The summed E-state index contributed by atoms with van der Waals surface area (Å²) < 4.78 is 0. The van der Waals surface area contributed by atoms with Crippen LogP contribution < -0.4 is 16.4 Å². The molecule has 172 valence electrons. The van der Waals surface area contributed by atoms with Gasteiger partial charge in [-0.15, -0.1) is 0 Å². The van der Waals surface area contributed by atoms with Crippen LogP contribution in [0.25, 0.3) is 0 Å². The molecule has 2 aliphatic carbocycles. The van der Waals surface area contributed by atoms with Gasteiger partial charge in [-0.3, -0.25) is 9.59 Å². The maximum absolute atomic E-state index is 12.8. The largest absolute Gasteiger partial charge is 0.383 e. The number of carbonyl (C=O) groups excluding carboxylic acids is 2. The van der Waals surface area contributed by atoms with Crippen LogP contribution in [-0.4, -0.2) is 28.1 Å². The van der Waals surface area contributed by atoms with Crippen LogP contribution in [0.4, 0.5) is 11.5 Å². The van der Waals surface area contributed by atoms with Crippen LogP contribution in [0.3, 0.4) is 0 Å². The Kier molecular flexibility index (Phi) is 6.89. The molecule has 0 spiro atoms. The number of rotatable bonds is 7. The van der Waals surface area contributed by atoms with E-state index in [4.69, 9.17) is 5.73 Å². The second-order valence-corrected chi connectivity index (χ2v) is 10.4. The van der Waals surface area contributed by atoms with Crippen LogP contribution in [0.1, 0.15) is 55.5 Å². The van der Waals surface area contributed by atoms with Crippen molar-refractivity contribution in [3.05, 3.63) is 47.5 Å². The van der Waals surface area contributed by atoms with Crippen molar-refractivity contribution in [2.75, 3.05) is 11.1 Å². The van der Waals surface area contributed by atoms with Crippen LogP contribution in [-0.2, 0) is 4.79 Å². The van der Waals surface area contributed by atoms with Crippen LogP contribution >= 0.6 is 11.8 Å². The van der Waals surface area contributed by atoms with Crippen LogP contribution in [0.5, 0.6) is 0 Å². The zero-order valence-electron chi connectivity index (χ0n) is 18.9. The highest BCUT2D eigenvalue weighted by Gasteiger charge is 2.42. The van der Waals surface area contributed by atoms with E-state index in [1.807, 2.05) is 18.2 Å². The molecule has 4 N–H and O–H groups in total. The lowest BCUT2D eigenvalue weighted by Crippen LogP contribution is -2.43. The topological polar surface area (TPSA) is 121 Å². The normalized spacial score (nSPS) is 22.9. The van der Waals surface area contributed by atoms with Gasteiger partial charge < -0.3 is 16.4 Å². The van der Waals surface area contributed by atoms with Gasteiger partial charge in [-0.2, -0.15) is 5.26 Å². The number of nitrogens with zero attached hydrogens (tertiary/aromatic N) is 2. The van der Waals surface area contributed by atoms with E-state index in [9.17, 15) is 14.9 Å². The Hall–Kier alpha value is -3.05. The predicted octanol–water partition coefficient (Wildman–Crippen LogP) is 4.21. The Bertz CT molecular complexity index is 1080. The van der Waals surface area contributed by atoms with Gasteiger partial charge in [0.2, 0.25) is 5.91 Å². The molecule has 4 rings (SSSR count). The fraction of sp³-hybridized carbons (Fsp3) is 0.440. The number of nitrogens with two attached hydrogens (primary N) is 1. The minimum atomic E-state index is -0.450. The van der Waals surface area contributed by atoms with Gasteiger partial charge >= 0.3 is 0 Å². The number of fused-ring (bicyclic) bond motifs is 2. The molecule has 2 amide bonds. The first-order chi connectivity index (χ1) is 15.9. The lowest BCUT2D eigenvalue weighted by atomic mass is 9.84. The highest BCUT2D eigenvalue weighted by molar-refractivity contribution is 8.00. The first kappa shape index (κ1) is 23.1. The van der Waals surface area contributed by atoms with Crippen molar-refractivity contribution < 1.29 is 9.59 Å². The molecule has 2 fully saturated rings. The summed E-state index contributed by atoms with van der Waals surface area (Å²) in [5.41, 5.74) is 7.02. The first-order valence-electron chi connectivity index (χ1n) is 11.4. The Labute approximate surface area is 198 Å². The van der Waals surface area contributed by atoms with Gasteiger partial charge in [0, 0.05) is 11.7 Å². The standard InChI is InChI=1S/C25H29N5O2S/c1-14(20-11-16-8-9-17(20)10-16)28-23(31)15(2)33-25-18(13-26)12-21(22(27)30-25)24(32)29-19-6-4-3-5-7-19/h3-7,12,14-17,20H,8-11H2,1-2H3,(H2,27,30)(H,28,31)(H,29,32). The van der Waals surface area contributed by atoms with Gasteiger partial charge in [-0.05, 0) is 69.1 Å². The fourth-order valence-corrected chi connectivity index (χ4v) is 6.05. The smallest absolute Gasteiger partial charge is 0.259 e. The van der Waals surface area contributed by atoms with Crippen LogP contribution in [0.2, 0.25) is 0 Å². The third-order valence-electron chi connectivity index (χ3n) is 6.88. The van der Waals surface area contributed by atoms with E-state index in [1.54, 1.807) is 19.1 Å². The number of amides is 2. The Morgan fingerprint density at radius 1 is 1.21 bits per heavy atom. The summed E-state index contributed by atoms with van der Waals surface area (Å²) in [7, 11) is 0. The number of pyridine rings is 1. The zero-order valence-corrected chi connectivity index (χ0v) is 19.7. The molecule has 1 aromatic heterocycles. The summed E-state index contributed by atoms with van der Waals surface area (Å²) >= 11 is 1.18. The number of thioether (sulfide) groups is 1. The minimum Gasteiger partial charge on any atom is -0.383 e. The Balaban J connectivity index is 1.41. The van der Waals surface area contributed by atoms with Crippen LogP contribution in [0, 0.1) is 29.1 Å². The summed E-state index contributed by atoms with van der Waals surface area (Å²) in [4.78, 5) is 29.8. The molecule has 1 aromatic carbocycles. The fourth-order valence-electron chi connectivity index (χ4n) is 5.16. The molecule has 2 aromatic rings. The van der Waals surface area contributed by atoms with E-state index in [1.165, 1.54) is 43.5 Å². The number of hydrogen-bond acceptors (Lipinski definition) is 6. The maximum Gasteiger partial charge on any atom is 0.259 e. The van der Waals surface area contributed by atoms with Crippen molar-refractivity contribution in [2.24, 2.45) is 17.8 Å². The first-order valence-corrected chi connectivity index (χ1v) is 12.3. The van der Waals surface area contributed by atoms with E-state index in [0.29, 0.717) is 16.6 Å². The summed E-state index contributed by atoms with van der Waals surface area (Å²) in [5.74, 6) is 1.61. The third-order valence-corrected chi connectivity index (χ3v) is 7.98. The molecule has 8 heteroatoms. The van der Waals surface area contributed by atoms with E-state index in [-0.39, 0.29) is 28.9 Å². The Morgan fingerprint density at radius 3 is 2.61 bits per heavy atom. The van der Waals surface area contributed by atoms with Crippen molar-refractivity contribution in [3.8, 4) is 6.07 Å².